The van der Waals surface area contributed by atoms with E-state index in [1.807, 2.05) is 6.07 Å². The Morgan fingerprint density at radius 2 is 2.12 bits per heavy atom. The Kier molecular flexibility index (Phi) is 4.34. The van der Waals surface area contributed by atoms with Crippen LogP contribution >= 0.6 is 0 Å². The van der Waals surface area contributed by atoms with E-state index in [-0.39, 0.29) is 6.90 Å². The van der Waals surface area contributed by atoms with E-state index >= 15 is 0 Å². The molecule has 0 saturated carbocycles. The predicted molar refractivity (Wildman–Crippen MR) is 64.2 cm³/mol. The molecule has 17 heavy (non-hydrogen) atoms. The molecule has 0 bridgehead atoms. The summed E-state index contributed by atoms with van der Waals surface area (Å²) >= 11 is 0. The summed E-state index contributed by atoms with van der Waals surface area (Å²) < 4.78 is 11.6. The number of allylic oxidation sites excluding steroid dienone is 1. The van der Waals surface area contributed by atoms with Crippen LogP contribution in [0.2, 0.25) is 0 Å². The van der Waals surface area contributed by atoms with Crippen molar-refractivity contribution in [2.45, 2.75) is 12.9 Å². The smallest absolute Gasteiger partial charge is 0.333 e. The summed E-state index contributed by atoms with van der Waals surface area (Å²) in [7, 11) is 1.27. The molecular weight excluding hydrogens is 218 g/mol. The normalized spacial score (nSPS) is 12.9. The first-order valence-electron chi connectivity index (χ1n) is 5.78. The molecule has 0 heterocycles. The zero-order valence-corrected chi connectivity index (χ0v) is 9.55. The fourth-order valence-electron chi connectivity index (χ4n) is 1.34. The monoisotopic (exact) mass is 234 g/mol. The summed E-state index contributed by atoms with van der Waals surface area (Å²) in [6, 6.07) is 8.00. The van der Waals surface area contributed by atoms with Gasteiger partial charge in [0.05, 0.1) is 7.11 Å². The van der Waals surface area contributed by atoms with Gasteiger partial charge >= 0.3 is 5.97 Å². The number of ether oxygens (including phenoxy) is 1. The van der Waals surface area contributed by atoms with Crippen molar-refractivity contribution in [3.63, 3.8) is 0 Å². The fourth-order valence-corrected chi connectivity index (χ4v) is 1.34. The van der Waals surface area contributed by atoms with Gasteiger partial charge in [0.25, 0.3) is 0 Å². The molecule has 0 aliphatic rings. The maximum Gasteiger partial charge on any atom is 0.333 e. The van der Waals surface area contributed by atoms with Crippen LogP contribution in [0.25, 0.3) is 0 Å². The maximum atomic E-state index is 11.6. The molecule has 1 amide bonds. The van der Waals surface area contributed by atoms with Gasteiger partial charge in [0.1, 0.15) is 0 Å². The summed E-state index contributed by atoms with van der Waals surface area (Å²) in [5.41, 5.74) is 0.650. The van der Waals surface area contributed by atoms with Crippen LogP contribution in [0.3, 0.4) is 0 Å². The van der Waals surface area contributed by atoms with Crippen LogP contribution < -0.4 is 5.32 Å². The third kappa shape index (κ3) is 3.75. The minimum absolute atomic E-state index is 0.0155. The van der Waals surface area contributed by atoms with Crippen molar-refractivity contribution in [3.8, 4) is 0 Å². The van der Waals surface area contributed by atoms with E-state index in [4.69, 9.17) is 1.37 Å². The van der Waals surface area contributed by atoms with Gasteiger partial charge in [0.15, 0.2) is 6.04 Å². The van der Waals surface area contributed by atoms with Crippen LogP contribution in [0.1, 0.15) is 19.9 Å². The highest BCUT2D eigenvalue weighted by Crippen LogP contribution is 2.13. The third-order valence-corrected chi connectivity index (χ3v) is 2.13. The Morgan fingerprint density at radius 1 is 1.41 bits per heavy atom. The largest absolute Gasteiger partial charge is 0.467 e. The minimum Gasteiger partial charge on any atom is -0.467 e. The lowest BCUT2D eigenvalue weighted by atomic mass is 10.1. The van der Waals surface area contributed by atoms with Gasteiger partial charge < -0.3 is 10.1 Å². The van der Waals surface area contributed by atoms with E-state index in [2.05, 4.69) is 10.1 Å². The average Bonchev–Trinajstić information content (AvgIpc) is 2.42. The molecule has 0 aromatic heterocycles. The van der Waals surface area contributed by atoms with Crippen molar-refractivity contribution in [2.24, 2.45) is 0 Å². The molecule has 1 rings (SSSR count). The number of esters is 1. The lowest BCUT2D eigenvalue weighted by molar-refractivity contribution is -0.144. The number of benzene rings is 1. The number of carbonyl (C=O) groups is 2. The second-order valence-corrected chi connectivity index (χ2v) is 3.28. The Balaban J connectivity index is 2.84. The lowest BCUT2D eigenvalue weighted by Crippen LogP contribution is -2.33. The number of nitrogens with one attached hydrogen (secondary N) is 1. The Bertz CT molecular complexity index is 431. The first-order valence-corrected chi connectivity index (χ1v) is 5.08. The Morgan fingerprint density at radius 3 is 2.71 bits per heavy atom. The summed E-state index contributed by atoms with van der Waals surface area (Å²) in [4.78, 5) is 23.1. The van der Waals surface area contributed by atoms with Gasteiger partial charge in [0.2, 0.25) is 5.91 Å². The number of amides is 1. The molecule has 0 aliphatic heterocycles. The molecule has 0 spiro atoms. The van der Waals surface area contributed by atoms with Gasteiger partial charge in [-0.1, -0.05) is 36.4 Å². The molecule has 1 atom stereocenters. The van der Waals surface area contributed by atoms with Crippen molar-refractivity contribution >= 4 is 11.9 Å². The number of methoxy groups -OCH3 is 1. The Labute approximate surface area is 102 Å². The van der Waals surface area contributed by atoms with E-state index in [9.17, 15) is 9.59 Å². The van der Waals surface area contributed by atoms with E-state index in [1.54, 1.807) is 24.3 Å². The van der Waals surface area contributed by atoms with Gasteiger partial charge in [0, 0.05) is 1.37 Å². The van der Waals surface area contributed by atoms with Gasteiger partial charge in [-0.2, -0.15) is 0 Å². The Hall–Kier alpha value is -2.10. The van der Waals surface area contributed by atoms with Gasteiger partial charge in [-0.3, -0.25) is 4.79 Å². The maximum absolute atomic E-state index is 11.6. The molecule has 0 saturated heterocycles. The molecular formula is C13H15NO3. The molecule has 0 aliphatic carbocycles. The highest BCUT2D eigenvalue weighted by molar-refractivity contribution is 5.91. The minimum atomic E-state index is -0.834. The van der Waals surface area contributed by atoms with Crippen molar-refractivity contribution in [3.05, 3.63) is 48.0 Å². The van der Waals surface area contributed by atoms with Crippen LogP contribution in [0.15, 0.2) is 42.5 Å². The number of hydrogen-bond donors (Lipinski definition) is 1. The van der Waals surface area contributed by atoms with Crippen molar-refractivity contribution in [1.29, 1.82) is 0 Å². The van der Waals surface area contributed by atoms with Crippen LogP contribution in [-0.2, 0) is 14.3 Å². The summed E-state index contributed by atoms with van der Waals surface area (Å²) in [6.45, 7) is 0.0155. The van der Waals surface area contributed by atoms with Crippen LogP contribution in [0.4, 0.5) is 0 Å². The molecule has 4 nitrogen and oxygen atoms in total. The van der Waals surface area contributed by atoms with Crippen LogP contribution in [0.5, 0.6) is 0 Å². The highest BCUT2D eigenvalue weighted by atomic mass is 16.5. The third-order valence-electron chi connectivity index (χ3n) is 2.13. The van der Waals surface area contributed by atoms with Crippen molar-refractivity contribution in [2.75, 3.05) is 7.11 Å². The molecule has 1 aromatic carbocycles. The molecule has 1 unspecified atom stereocenters. The van der Waals surface area contributed by atoms with E-state index in [1.165, 1.54) is 19.3 Å². The fraction of sp³-hybridized carbons (Fsp3) is 0.231. The van der Waals surface area contributed by atoms with Gasteiger partial charge in [-0.25, -0.2) is 4.79 Å². The molecule has 0 fully saturated rings. The van der Waals surface area contributed by atoms with Crippen LogP contribution in [-0.4, -0.2) is 19.0 Å². The molecule has 90 valence electrons. The first kappa shape index (κ1) is 11.4. The van der Waals surface area contributed by atoms with E-state index in [0.29, 0.717) is 5.56 Å². The lowest BCUT2D eigenvalue weighted by Gasteiger charge is -2.15. The molecule has 0 radical (unpaired) electrons. The van der Waals surface area contributed by atoms with E-state index < -0.39 is 17.9 Å². The summed E-state index contributed by atoms with van der Waals surface area (Å²) in [5, 5.41) is 2.54. The molecule has 1 N–H and O–H groups in total. The zero-order valence-electron chi connectivity index (χ0n) is 10.6. The number of hydrogen-bond acceptors (Lipinski definition) is 3. The second kappa shape index (κ2) is 6.48. The molecule has 4 heteroatoms. The average molecular weight is 234 g/mol. The first-order chi connectivity index (χ1) is 8.69. The summed E-state index contributed by atoms with van der Waals surface area (Å²) in [6.07, 6.45) is 2.63. The van der Waals surface area contributed by atoms with Crippen LogP contribution in [0, 0.1) is 0 Å². The highest BCUT2D eigenvalue weighted by Gasteiger charge is 2.22. The van der Waals surface area contributed by atoms with Crippen molar-refractivity contribution < 1.29 is 15.7 Å². The second-order valence-electron chi connectivity index (χ2n) is 3.28. The number of rotatable bonds is 4. The quantitative estimate of drug-likeness (QED) is 0.636. The topological polar surface area (TPSA) is 55.4 Å². The predicted octanol–water partition coefficient (Wildman–Crippen LogP) is 1.59. The molecule has 1 aromatic rings. The van der Waals surface area contributed by atoms with Gasteiger partial charge in [-0.15, -0.1) is 0 Å². The van der Waals surface area contributed by atoms with Crippen molar-refractivity contribution in [1.82, 2.24) is 5.32 Å². The summed E-state index contributed by atoms with van der Waals surface area (Å²) in [5.74, 6) is -0.963. The SMILES string of the molecule is [2H]C/C=C/C(=O)NC(C(=O)OC)c1ccccc1. The zero-order chi connectivity index (χ0) is 13.4. The number of carbonyl (C=O) groups excluding carboxylic acids is 2. The van der Waals surface area contributed by atoms with Gasteiger partial charge in [-0.05, 0) is 18.5 Å². The van der Waals surface area contributed by atoms with E-state index in [0.717, 1.165) is 0 Å². The standard InChI is InChI=1S/C13H15NO3/c1-3-7-11(15)14-12(13(16)17-2)10-8-5-4-6-9-10/h3-9,12H,1-2H3,(H,14,15)/b7-3+/i1D.